The first kappa shape index (κ1) is 14.0. The van der Waals surface area contributed by atoms with E-state index in [0.29, 0.717) is 17.7 Å². The molecule has 0 fully saturated rings. The Labute approximate surface area is 119 Å². The Morgan fingerprint density at radius 3 is 2.89 bits per heavy atom. The zero-order valence-corrected chi connectivity index (χ0v) is 12.0. The Kier molecular flexibility index (Phi) is 4.50. The van der Waals surface area contributed by atoms with E-state index in [-0.39, 0.29) is 5.82 Å². The Hall–Kier alpha value is -1.46. The molecule has 0 radical (unpaired) electrons. The molecular formula is C14H14BrFN2O. The van der Waals surface area contributed by atoms with Gasteiger partial charge in [-0.05, 0) is 46.1 Å². The Morgan fingerprint density at radius 2 is 2.21 bits per heavy atom. The number of ether oxygens (including phenoxy) is 1. The molecule has 100 valence electrons. The molecule has 0 aliphatic rings. The third-order valence-corrected chi connectivity index (χ3v) is 3.25. The van der Waals surface area contributed by atoms with Crippen molar-refractivity contribution in [1.82, 2.24) is 4.98 Å². The number of halogens is 2. The molecule has 0 spiro atoms. The second kappa shape index (κ2) is 6.12. The molecule has 2 aromatic rings. The normalized spacial score (nSPS) is 12.2. The van der Waals surface area contributed by atoms with E-state index >= 15 is 0 Å². The van der Waals surface area contributed by atoms with E-state index in [4.69, 9.17) is 10.5 Å². The molecule has 1 aromatic carbocycles. The third kappa shape index (κ3) is 3.30. The van der Waals surface area contributed by atoms with Gasteiger partial charge in [-0.3, -0.25) is 4.98 Å². The van der Waals surface area contributed by atoms with Gasteiger partial charge in [-0.2, -0.15) is 0 Å². The molecule has 19 heavy (non-hydrogen) atoms. The van der Waals surface area contributed by atoms with Gasteiger partial charge in [0, 0.05) is 28.5 Å². The number of benzene rings is 1. The fourth-order valence-electron chi connectivity index (χ4n) is 1.98. The van der Waals surface area contributed by atoms with Gasteiger partial charge in [0.25, 0.3) is 0 Å². The second-order valence-corrected chi connectivity index (χ2v) is 5.09. The van der Waals surface area contributed by atoms with Crippen molar-refractivity contribution in [2.45, 2.75) is 12.5 Å². The summed E-state index contributed by atoms with van der Waals surface area (Å²) in [7, 11) is 1.51. The topological polar surface area (TPSA) is 48.1 Å². The van der Waals surface area contributed by atoms with Crippen molar-refractivity contribution in [3.63, 3.8) is 0 Å². The van der Waals surface area contributed by atoms with Crippen molar-refractivity contribution in [2.75, 3.05) is 7.11 Å². The molecule has 0 bridgehead atoms. The number of nitrogens with two attached hydrogens (primary N) is 1. The molecule has 0 saturated carbocycles. The summed E-state index contributed by atoms with van der Waals surface area (Å²) in [5.41, 5.74) is 7.42. The van der Waals surface area contributed by atoms with Gasteiger partial charge < -0.3 is 10.5 Å². The molecule has 2 N–H and O–H groups in total. The molecule has 0 saturated heterocycles. The second-order valence-electron chi connectivity index (χ2n) is 4.18. The summed E-state index contributed by atoms with van der Waals surface area (Å²) in [6, 6.07) is 6.13. The van der Waals surface area contributed by atoms with Gasteiger partial charge in [-0.25, -0.2) is 4.39 Å². The van der Waals surface area contributed by atoms with Crippen LogP contribution in [-0.2, 0) is 6.42 Å². The lowest BCUT2D eigenvalue weighted by molar-refractivity contribution is 0.399. The molecular weight excluding hydrogens is 311 g/mol. The number of hydrogen-bond acceptors (Lipinski definition) is 3. The van der Waals surface area contributed by atoms with Crippen molar-refractivity contribution >= 4 is 15.9 Å². The van der Waals surface area contributed by atoms with Crippen molar-refractivity contribution < 1.29 is 9.13 Å². The fraction of sp³-hybridized carbons (Fsp3) is 0.214. The van der Waals surface area contributed by atoms with Gasteiger partial charge in [0.15, 0.2) is 0 Å². The number of methoxy groups -OCH3 is 1. The number of rotatable bonds is 4. The van der Waals surface area contributed by atoms with Crippen LogP contribution in [0.1, 0.15) is 17.2 Å². The van der Waals surface area contributed by atoms with Crippen LogP contribution in [0.5, 0.6) is 5.75 Å². The molecule has 1 heterocycles. The van der Waals surface area contributed by atoms with Crippen LogP contribution in [0, 0.1) is 5.82 Å². The smallest absolute Gasteiger partial charge is 0.131 e. The highest BCUT2D eigenvalue weighted by molar-refractivity contribution is 9.10. The summed E-state index contributed by atoms with van der Waals surface area (Å²) in [4.78, 5) is 4.07. The average molecular weight is 325 g/mol. The summed E-state index contributed by atoms with van der Waals surface area (Å²) >= 11 is 3.35. The molecule has 1 unspecified atom stereocenters. The van der Waals surface area contributed by atoms with Crippen LogP contribution in [0.25, 0.3) is 0 Å². The molecule has 0 aliphatic carbocycles. The van der Waals surface area contributed by atoms with E-state index in [1.165, 1.54) is 13.2 Å². The van der Waals surface area contributed by atoms with Crippen LogP contribution >= 0.6 is 15.9 Å². The summed E-state index contributed by atoms with van der Waals surface area (Å²) in [6.07, 6.45) is 3.90. The Morgan fingerprint density at radius 1 is 1.42 bits per heavy atom. The van der Waals surface area contributed by atoms with Crippen LogP contribution in [0.2, 0.25) is 0 Å². The SMILES string of the molecule is COc1cccc(F)c1C(N)Cc1cncc(Br)c1. The van der Waals surface area contributed by atoms with Gasteiger partial charge in [-0.15, -0.1) is 0 Å². The molecule has 1 atom stereocenters. The van der Waals surface area contributed by atoms with E-state index in [1.54, 1.807) is 24.5 Å². The van der Waals surface area contributed by atoms with E-state index in [9.17, 15) is 4.39 Å². The number of nitrogens with zero attached hydrogens (tertiary/aromatic N) is 1. The summed E-state index contributed by atoms with van der Waals surface area (Å²) < 4.78 is 19.9. The van der Waals surface area contributed by atoms with E-state index < -0.39 is 6.04 Å². The lowest BCUT2D eigenvalue weighted by atomic mass is 9.99. The van der Waals surface area contributed by atoms with Crippen molar-refractivity contribution in [1.29, 1.82) is 0 Å². The minimum absolute atomic E-state index is 0.352. The zero-order valence-electron chi connectivity index (χ0n) is 10.4. The maximum absolute atomic E-state index is 13.9. The fourth-order valence-corrected chi connectivity index (χ4v) is 2.39. The van der Waals surface area contributed by atoms with Crippen LogP contribution in [0.3, 0.4) is 0 Å². The molecule has 0 amide bonds. The molecule has 0 aliphatic heterocycles. The summed E-state index contributed by atoms with van der Waals surface area (Å²) in [6.45, 7) is 0. The maximum atomic E-state index is 13.9. The van der Waals surface area contributed by atoms with Crippen molar-refractivity contribution in [3.8, 4) is 5.75 Å². The highest BCUT2D eigenvalue weighted by Crippen LogP contribution is 2.28. The van der Waals surface area contributed by atoms with E-state index in [1.807, 2.05) is 6.07 Å². The highest BCUT2D eigenvalue weighted by atomic mass is 79.9. The Bertz CT molecular complexity index is 577. The van der Waals surface area contributed by atoms with Gasteiger partial charge in [0.05, 0.1) is 7.11 Å². The Balaban J connectivity index is 2.27. The molecule has 5 heteroatoms. The largest absolute Gasteiger partial charge is 0.496 e. The van der Waals surface area contributed by atoms with Crippen LogP contribution in [0.15, 0.2) is 41.1 Å². The predicted molar refractivity (Wildman–Crippen MR) is 75.5 cm³/mol. The maximum Gasteiger partial charge on any atom is 0.131 e. The minimum atomic E-state index is -0.479. The predicted octanol–water partition coefficient (Wildman–Crippen LogP) is 3.23. The first-order valence-corrected chi connectivity index (χ1v) is 6.58. The lowest BCUT2D eigenvalue weighted by Crippen LogP contribution is -2.16. The first-order valence-electron chi connectivity index (χ1n) is 5.79. The molecule has 2 rings (SSSR count). The standard InChI is InChI=1S/C14H14BrFN2O/c1-19-13-4-2-3-11(16)14(13)12(17)6-9-5-10(15)8-18-7-9/h2-5,7-8,12H,6,17H2,1H3. The first-order chi connectivity index (χ1) is 9.11. The quantitative estimate of drug-likeness (QED) is 0.939. The monoisotopic (exact) mass is 324 g/mol. The van der Waals surface area contributed by atoms with Crippen molar-refractivity contribution in [2.24, 2.45) is 5.73 Å². The third-order valence-electron chi connectivity index (χ3n) is 2.82. The van der Waals surface area contributed by atoms with Crippen molar-refractivity contribution in [3.05, 3.63) is 58.1 Å². The lowest BCUT2D eigenvalue weighted by Gasteiger charge is -2.16. The number of hydrogen-bond donors (Lipinski definition) is 1. The van der Waals surface area contributed by atoms with Crippen LogP contribution in [-0.4, -0.2) is 12.1 Å². The van der Waals surface area contributed by atoms with Crippen LogP contribution in [0.4, 0.5) is 4.39 Å². The van der Waals surface area contributed by atoms with E-state index in [2.05, 4.69) is 20.9 Å². The van der Waals surface area contributed by atoms with Gasteiger partial charge in [-0.1, -0.05) is 6.07 Å². The highest BCUT2D eigenvalue weighted by Gasteiger charge is 2.17. The summed E-state index contributed by atoms with van der Waals surface area (Å²) in [5.74, 6) is 0.116. The average Bonchev–Trinajstić information content (AvgIpc) is 2.38. The minimum Gasteiger partial charge on any atom is -0.496 e. The van der Waals surface area contributed by atoms with E-state index in [0.717, 1.165) is 10.0 Å². The number of aromatic nitrogens is 1. The summed E-state index contributed by atoms with van der Waals surface area (Å²) in [5, 5.41) is 0. The van der Waals surface area contributed by atoms with Gasteiger partial charge >= 0.3 is 0 Å². The number of pyridine rings is 1. The van der Waals surface area contributed by atoms with Crippen LogP contribution < -0.4 is 10.5 Å². The van der Waals surface area contributed by atoms with Gasteiger partial charge in [0.2, 0.25) is 0 Å². The zero-order chi connectivity index (χ0) is 13.8. The molecule has 1 aromatic heterocycles. The van der Waals surface area contributed by atoms with Gasteiger partial charge in [0.1, 0.15) is 11.6 Å². The molecule has 3 nitrogen and oxygen atoms in total.